The lowest BCUT2D eigenvalue weighted by Crippen LogP contribution is -2.21. The molecule has 2 aliphatic heterocycles. The first-order valence-corrected chi connectivity index (χ1v) is 12.4. The van der Waals surface area contributed by atoms with Gasteiger partial charge in [0, 0.05) is 17.2 Å². The fourth-order valence-electron chi connectivity index (χ4n) is 5.15. The van der Waals surface area contributed by atoms with Crippen LogP contribution in [0.15, 0.2) is 54.6 Å². The van der Waals surface area contributed by atoms with Crippen molar-refractivity contribution in [1.29, 1.82) is 0 Å². The van der Waals surface area contributed by atoms with Gasteiger partial charge in [0.15, 0.2) is 40.3 Å². The molecule has 0 aliphatic carbocycles. The summed E-state index contributed by atoms with van der Waals surface area (Å²) in [6.45, 7) is 0. The first-order valence-electron chi connectivity index (χ1n) is 12.4. The number of carbonyl (C=O) groups is 2. The molecule has 4 aromatic rings. The molecule has 2 atom stereocenters. The summed E-state index contributed by atoms with van der Waals surface area (Å²) in [5, 5.41) is 71.9. The van der Waals surface area contributed by atoms with Gasteiger partial charge in [0.2, 0.25) is 0 Å². The highest BCUT2D eigenvalue weighted by atomic mass is 16.5. The molecule has 0 radical (unpaired) electrons. The van der Waals surface area contributed by atoms with Crippen LogP contribution in [-0.4, -0.2) is 47.3 Å². The van der Waals surface area contributed by atoms with Gasteiger partial charge in [-0.3, -0.25) is 9.59 Å². The van der Waals surface area contributed by atoms with E-state index in [-0.39, 0.29) is 69.3 Å². The zero-order valence-electron chi connectivity index (χ0n) is 21.0. The summed E-state index contributed by atoms with van der Waals surface area (Å²) in [6.07, 6.45) is -2.31. The topological polar surface area (TPSA) is 194 Å². The van der Waals surface area contributed by atoms with Crippen molar-refractivity contribution < 1.29 is 54.8 Å². The van der Waals surface area contributed by atoms with E-state index in [0.717, 1.165) is 12.1 Å². The molecule has 0 fully saturated rings. The lowest BCUT2D eigenvalue weighted by atomic mass is 9.89. The molecule has 11 heteroatoms. The number of ether oxygens (including phenoxy) is 2. The predicted octanol–water partition coefficient (Wildman–Crippen LogP) is 4.71. The van der Waals surface area contributed by atoms with Crippen molar-refractivity contribution in [1.82, 2.24) is 0 Å². The molecule has 41 heavy (non-hydrogen) atoms. The summed E-state index contributed by atoms with van der Waals surface area (Å²) in [5.74, 6) is -4.46. The molecule has 7 N–H and O–H groups in total. The third-order valence-corrected chi connectivity index (χ3v) is 7.19. The van der Waals surface area contributed by atoms with Crippen molar-refractivity contribution in [3.8, 4) is 62.9 Å². The van der Waals surface area contributed by atoms with Crippen molar-refractivity contribution in [3.05, 3.63) is 76.9 Å². The average molecular weight is 558 g/mol. The standard InChI is InChI=1S/C30H22O11/c31-14-1-2-15-19(33)10-24(40-26(15)9-14)12-5-17(28(38)21(35)6-12)27-18(32)4-3-16-20(34)11-25(41-30(16)27)13-7-22(36)29(39)23(37)8-13/h1-9,24-25,31-32,35-39H,10-11H2. The van der Waals surface area contributed by atoms with Crippen molar-refractivity contribution in [2.45, 2.75) is 25.0 Å². The van der Waals surface area contributed by atoms with Crippen LogP contribution < -0.4 is 9.47 Å². The molecule has 6 rings (SSSR count). The van der Waals surface area contributed by atoms with Gasteiger partial charge in [-0.15, -0.1) is 0 Å². The van der Waals surface area contributed by atoms with Crippen LogP contribution in [0.1, 0.15) is 56.9 Å². The number of phenolic OH excluding ortho intramolecular Hbond substituents is 7. The van der Waals surface area contributed by atoms with E-state index < -0.39 is 52.5 Å². The Morgan fingerprint density at radius 1 is 0.561 bits per heavy atom. The number of aromatic hydroxyl groups is 7. The summed E-state index contributed by atoms with van der Waals surface area (Å²) in [4.78, 5) is 25.9. The zero-order chi connectivity index (χ0) is 29.2. The molecule has 0 saturated heterocycles. The van der Waals surface area contributed by atoms with Gasteiger partial charge in [0.1, 0.15) is 35.2 Å². The van der Waals surface area contributed by atoms with Gasteiger partial charge in [-0.25, -0.2) is 0 Å². The van der Waals surface area contributed by atoms with E-state index in [9.17, 15) is 45.3 Å². The van der Waals surface area contributed by atoms with E-state index in [2.05, 4.69) is 0 Å². The van der Waals surface area contributed by atoms with Crippen molar-refractivity contribution in [3.63, 3.8) is 0 Å². The van der Waals surface area contributed by atoms with E-state index in [4.69, 9.17) is 9.47 Å². The summed E-state index contributed by atoms with van der Waals surface area (Å²) in [7, 11) is 0. The van der Waals surface area contributed by atoms with Crippen LogP contribution in [0.2, 0.25) is 0 Å². The summed E-state index contributed by atoms with van der Waals surface area (Å²) in [5.41, 5.74) is 0.490. The Morgan fingerprint density at radius 2 is 1.12 bits per heavy atom. The van der Waals surface area contributed by atoms with Crippen molar-refractivity contribution in [2.24, 2.45) is 0 Å². The van der Waals surface area contributed by atoms with Crippen LogP contribution in [0, 0.1) is 0 Å². The Bertz CT molecular complexity index is 1750. The maximum Gasteiger partial charge on any atom is 0.200 e. The summed E-state index contributed by atoms with van der Waals surface area (Å²) in [6, 6.07) is 11.5. The molecule has 0 saturated carbocycles. The SMILES string of the molecule is O=C1CC(c2cc(O)c(O)c(-c3c(O)ccc4c3OC(c3cc(O)c(O)c(O)c3)CC4=O)c2)Oc2cc(O)ccc21. The van der Waals surface area contributed by atoms with Gasteiger partial charge in [0.05, 0.1) is 29.5 Å². The van der Waals surface area contributed by atoms with Gasteiger partial charge in [-0.05, 0) is 54.1 Å². The Morgan fingerprint density at radius 3 is 1.80 bits per heavy atom. The van der Waals surface area contributed by atoms with Crippen LogP contribution in [0.25, 0.3) is 11.1 Å². The second kappa shape index (κ2) is 9.26. The van der Waals surface area contributed by atoms with Gasteiger partial charge in [-0.1, -0.05) is 0 Å². The lowest BCUT2D eigenvalue weighted by Gasteiger charge is -2.29. The summed E-state index contributed by atoms with van der Waals surface area (Å²) >= 11 is 0. The fraction of sp³-hybridized carbons (Fsp3) is 0.133. The average Bonchev–Trinajstić information content (AvgIpc) is 2.92. The monoisotopic (exact) mass is 558 g/mol. The third-order valence-electron chi connectivity index (χ3n) is 7.19. The Kier molecular flexibility index (Phi) is 5.80. The minimum absolute atomic E-state index is 0.0686. The highest BCUT2D eigenvalue weighted by Gasteiger charge is 2.35. The number of fused-ring (bicyclic) bond motifs is 2. The molecule has 208 valence electrons. The number of rotatable bonds is 3. The minimum atomic E-state index is -1.06. The number of hydrogen-bond donors (Lipinski definition) is 7. The highest BCUT2D eigenvalue weighted by molar-refractivity contribution is 6.04. The Labute approximate surface area is 231 Å². The Hall–Kier alpha value is -5.58. The van der Waals surface area contributed by atoms with E-state index in [1.54, 1.807) is 0 Å². The molecule has 11 nitrogen and oxygen atoms in total. The van der Waals surface area contributed by atoms with Crippen molar-refractivity contribution in [2.75, 3.05) is 0 Å². The molecule has 4 aromatic carbocycles. The predicted molar refractivity (Wildman–Crippen MR) is 141 cm³/mol. The van der Waals surface area contributed by atoms with Crippen LogP contribution >= 0.6 is 0 Å². The maximum atomic E-state index is 13.1. The van der Waals surface area contributed by atoms with Gasteiger partial charge >= 0.3 is 0 Å². The molecule has 2 unspecified atom stereocenters. The van der Waals surface area contributed by atoms with Crippen LogP contribution in [0.3, 0.4) is 0 Å². The minimum Gasteiger partial charge on any atom is -0.508 e. The van der Waals surface area contributed by atoms with E-state index >= 15 is 0 Å². The second-order valence-electron chi connectivity index (χ2n) is 9.83. The molecular formula is C30H22O11. The van der Waals surface area contributed by atoms with Crippen LogP contribution in [0.5, 0.6) is 51.7 Å². The van der Waals surface area contributed by atoms with E-state index in [0.29, 0.717) is 0 Å². The molecule has 0 amide bonds. The van der Waals surface area contributed by atoms with Crippen molar-refractivity contribution >= 4 is 11.6 Å². The number of hydrogen-bond acceptors (Lipinski definition) is 11. The molecule has 2 aliphatic rings. The first kappa shape index (κ1) is 25.7. The zero-order valence-corrected chi connectivity index (χ0v) is 21.0. The maximum absolute atomic E-state index is 13.1. The van der Waals surface area contributed by atoms with Crippen LogP contribution in [-0.2, 0) is 0 Å². The number of phenols is 7. The van der Waals surface area contributed by atoms with Gasteiger partial charge < -0.3 is 45.2 Å². The fourth-order valence-corrected chi connectivity index (χ4v) is 5.15. The number of carbonyl (C=O) groups excluding carboxylic acids is 2. The van der Waals surface area contributed by atoms with Gasteiger partial charge in [0.25, 0.3) is 0 Å². The van der Waals surface area contributed by atoms with E-state index in [1.165, 1.54) is 42.5 Å². The lowest BCUT2D eigenvalue weighted by molar-refractivity contribution is 0.0839. The highest BCUT2D eigenvalue weighted by Crippen LogP contribution is 2.52. The van der Waals surface area contributed by atoms with Gasteiger partial charge in [-0.2, -0.15) is 0 Å². The molecule has 2 heterocycles. The summed E-state index contributed by atoms with van der Waals surface area (Å²) < 4.78 is 12.0. The quantitative estimate of drug-likeness (QED) is 0.172. The second-order valence-corrected chi connectivity index (χ2v) is 9.83. The third kappa shape index (κ3) is 4.24. The molecular weight excluding hydrogens is 536 g/mol. The smallest absolute Gasteiger partial charge is 0.200 e. The number of Topliss-reactive ketones (excluding diaryl/α,β-unsaturated/α-hetero) is 2. The largest absolute Gasteiger partial charge is 0.508 e. The normalized spacial score (nSPS) is 17.8. The molecule has 0 aromatic heterocycles. The van der Waals surface area contributed by atoms with Crippen LogP contribution in [0.4, 0.5) is 0 Å². The number of benzene rings is 4. The first-order chi connectivity index (χ1) is 19.5. The molecule has 0 bridgehead atoms. The van der Waals surface area contributed by atoms with E-state index in [1.807, 2.05) is 0 Å². The Balaban J connectivity index is 1.46. The molecule has 0 spiro atoms. The number of ketones is 2.